The van der Waals surface area contributed by atoms with Crippen molar-refractivity contribution in [3.63, 3.8) is 0 Å². The van der Waals surface area contributed by atoms with Gasteiger partial charge in [-0.05, 0) is 57.4 Å². The smallest absolute Gasteiger partial charge is 0.326 e. The maximum atomic E-state index is 13.2. The first-order chi connectivity index (χ1) is 18.3. The molecule has 0 aliphatic rings. The number of amides is 3. The zero-order valence-corrected chi connectivity index (χ0v) is 22.9. The van der Waals surface area contributed by atoms with Crippen LogP contribution in [0.1, 0.15) is 58.8 Å². The molecule has 0 heterocycles. The fourth-order valence-corrected chi connectivity index (χ4v) is 3.50. The number of hydrogen-bond donors (Lipinski definition) is 10. The van der Waals surface area contributed by atoms with Gasteiger partial charge in [0, 0.05) is 13.1 Å². The SMILES string of the molecule is CC(C)[C@H](NC(=O)[C@H](CCCCN)NC(=O)[C@H](CCCN=C(N)N)NC(=O)[C@@H](N)CCCN=C(N)N)C(=O)O. The van der Waals surface area contributed by atoms with Crippen LogP contribution in [0.25, 0.3) is 0 Å². The number of unbranched alkanes of at least 4 members (excludes halogenated alkanes) is 1. The zero-order valence-electron chi connectivity index (χ0n) is 22.9. The number of aliphatic imine (C=N–C) groups is 2. The Morgan fingerprint density at radius 3 is 1.64 bits per heavy atom. The Bertz CT molecular complexity index is 842. The Hall–Kier alpha value is -3.66. The Kier molecular flexibility index (Phi) is 17.6. The van der Waals surface area contributed by atoms with Crippen LogP contribution < -0.4 is 50.4 Å². The second kappa shape index (κ2) is 19.4. The molecule has 16 N–H and O–H groups in total. The Balaban J connectivity index is 5.58. The summed E-state index contributed by atoms with van der Waals surface area (Å²) in [5.41, 5.74) is 32.8. The number of aliphatic carboxylic acids is 1. The summed E-state index contributed by atoms with van der Waals surface area (Å²) >= 11 is 0. The summed E-state index contributed by atoms with van der Waals surface area (Å²) in [5, 5.41) is 17.2. The number of guanidine groups is 2. The van der Waals surface area contributed by atoms with Crippen molar-refractivity contribution in [2.75, 3.05) is 19.6 Å². The Labute approximate surface area is 229 Å². The molecule has 0 unspecified atom stereocenters. The van der Waals surface area contributed by atoms with Crippen molar-refractivity contribution in [2.24, 2.45) is 50.3 Å². The minimum Gasteiger partial charge on any atom is -0.480 e. The van der Waals surface area contributed by atoms with Crippen molar-refractivity contribution in [3.05, 3.63) is 0 Å². The Morgan fingerprint density at radius 2 is 1.18 bits per heavy atom. The summed E-state index contributed by atoms with van der Waals surface area (Å²) in [7, 11) is 0. The number of nitrogens with one attached hydrogen (secondary N) is 3. The highest BCUT2D eigenvalue weighted by Gasteiger charge is 2.31. The third-order valence-corrected chi connectivity index (χ3v) is 5.69. The van der Waals surface area contributed by atoms with E-state index in [1.165, 1.54) is 0 Å². The first-order valence-corrected chi connectivity index (χ1v) is 13.0. The molecule has 0 aliphatic carbocycles. The third-order valence-electron chi connectivity index (χ3n) is 5.69. The highest BCUT2D eigenvalue weighted by molar-refractivity contribution is 5.94. The number of carbonyl (C=O) groups is 4. The van der Waals surface area contributed by atoms with Gasteiger partial charge in [-0.25, -0.2) is 4.79 Å². The van der Waals surface area contributed by atoms with E-state index < -0.39 is 47.9 Å². The second-order valence-corrected chi connectivity index (χ2v) is 9.48. The lowest BCUT2D eigenvalue weighted by Gasteiger charge is -2.26. The van der Waals surface area contributed by atoms with Crippen molar-refractivity contribution >= 4 is 35.6 Å². The van der Waals surface area contributed by atoms with Gasteiger partial charge >= 0.3 is 5.97 Å². The molecule has 0 radical (unpaired) electrons. The molecule has 0 bridgehead atoms. The van der Waals surface area contributed by atoms with E-state index in [1.807, 2.05) is 0 Å². The van der Waals surface area contributed by atoms with Crippen molar-refractivity contribution < 1.29 is 24.3 Å². The first kappa shape index (κ1) is 35.3. The molecule has 4 atom stereocenters. The number of carboxylic acids is 1. The highest BCUT2D eigenvalue weighted by Crippen LogP contribution is 2.08. The Morgan fingerprint density at radius 1 is 0.718 bits per heavy atom. The van der Waals surface area contributed by atoms with Crippen LogP contribution in [0.5, 0.6) is 0 Å². The molecule has 0 aromatic rings. The fraction of sp³-hybridized carbons (Fsp3) is 0.739. The molecule has 0 spiro atoms. The van der Waals surface area contributed by atoms with Crippen molar-refractivity contribution in [3.8, 4) is 0 Å². The molecule has 0 saturated heterocycles. The van der Waals surface area contributed by atoms with Crippen LogP contribution in [0.4, 0.5) is 0 Å². The summed E-state index contributed by atoms with van der Waals surface area (Å²) in [4.78, 5) is 58.2. The lowest BCUT2D eigenvalue weighted by atomic mass is 10.0. The molecule has 16 nitrogen and oxygen atoms in total. The second-order valence-electron chi connectivity index (χ2n) is 9.48. The van der Waals surface area contributed by atoms with Crippen LogP contribution in [-0.2, 0) is 19.2 Å². The molecule has 39 heavy (non-hydrogen) atoms. The van der Waals surface area contributed by atoms with Gasteiger partial charge in [0.1, 0.15) is 18.1 Å². The predicted octanol–water partition coefficient (Wildman–Crippen LogP) is -3.26. The summed E-state index contributed by atoms with van der Waals surface area (Å²) in [5.74, 6) is -3.62. The van der Waals surface area contributed by atoms with Gasteiger partial charge in [0.15, 0.2) is 11.9 Å². The van der Waals surface area contributed by atoms with Crippen LogP contribution >= 0.6 is 0 Å². The van der Waals surface area contributed by atoms with Crippen molar-refractivity contribution in [2.45, 2.75) is 83.0 Å². The molecule has 3 amide bonds. The topological polar surface area (TPSA) is 305 Å². The van der Waals surface area contributed by atoms with Gasteiger partial charge in [-0.15, -0.1) is 0 Å². The molecule has 224 valence electrons. The summed E-state index contributed by atoms with van der Waals surface area (Å²) in [6, 6.07) is -4.17. The van der Waals surface area contributed by atoms with E-state index in [9.17, 15) is 24.3 Å². The summed E-state index contributed by atoms with van der Waals surface area (Å²) in [6.45, 7) is 4.20. The standard InChI is InChI=1S/C23H47N11O5/c1-13(2)17(21(38)39)34-20(37)15(8-3-4-10-24)33-19(36)16(9-6-12-31-23(28)29)32-18(35)14(25)7-5-11-30-22(26)27/h13-17H,3-12,24-25H2,1-2H3,(H,32,35)(H,33,36)(H,34,37)(H,38,39)(H4,26,27,30)(H4,28,29,31)/t14-,15-,16-,17-/m0/s1. The number of carboxylic acid groups (broad SMARTS) is 1. The van der Waals surface area contributed by atoms with Gasteiger partial charge < -0.3 is 55.5 Å². The van der Waals surface area contributed by atoms with Crippen molar-refractivity contribution in [1.82, 2.24) is 16.0 Å². The fourth-order valence-electron chi connectivity index (χ4n) is 3.50. The molecular formula is C23H47N11O5. The molecule has 0 fully saturated rings. The average Bonchev–Trinajstić information content (AvgIpc) is 2.85. The van der Waals surface area contributed by atoms with Gasteiger partial charge in [0.2, 0.25) is 17.7 Å². The summed E-state index contributed by atoms with van der Waals surface area (Å²) in [6.07, 6.45) is 2.53. The number of hydrogen-bond acceptors (Lipinski definition) is 8. The van der Waals surface area contributed by atoms with Crippen LogP contribution in [0.15, 0.2) is 9.98 Å². The molecule has 0 aliphatic heterocycles. The number of carbonyl (C=O) groups excluding carboxylic acids is 3. The quantitative estimate of drug-likeness (QED) is 0.0402. The lowest BCUT2D eigenvalue weighted by molar-refractivity contribution is -0.143. The van der Waals surface area contributed by atoms with Crippen LogP contribution in [-0.4, -0.2) is 84.5 Å². The van der Waals surface area contributed by atoms with Gasteiger partial charge in [-0.2, -0.15) is 0 Å². The van der Waals surface area contributed by atoms with E-state index in [2.05, 4.69) is 25.9 Å². The minimum atomic E-state index is -1.19. The maximum Gasteiger partial charge on any atom is 0.326 e. The number of rotatable bonds is 20. The van der Waals surface area contributed by atoms with Crippen LogP contribution in [0.3, 0.4) is 0 Å². The monoisotopic (exact) mass is 557 g/mol. The normalized spacial score (nSPS) is 13.9. The van der Waals surface area contributed by atoms with Gasteiger partial charge in [0.25, 0.3) is 0 Å². The number of nitrogens with two attached hydrogens (primary N) is 6. The first-order valence-electron chi connectivity index (χ1n) is 13.0. The molecular weight excluding hydrogens is 510 g/mol. The molecule has 0 aromatic carbocycles. The lowest BCUT2D eigenvalue weighted by Crippen LogP contribution is -2.57. The van der Waals surface area contributed by atoms with Gasteiger partial charge in [-0.3, -0.25) is 24.4 Å². The number of nitrogens with zero attached hydrogens (tertiary/aromatic N) is 2. The van der Waals surface area contributed by atoms with Gasteiger partial charge in [0.05, 0.1) is 6.04 Å². The third kappa shape index (κ3) is 16.0. The van der Waals surface area contributed by atoms with Crippen molar-refractivity contribution in [1.29, 1.82) is 0 Å². The van der Waals surface area contributed by atoms with E-state index in [0.717, 1.165) is 0 Å². The van der Waals surface area contributed by atoms with E-state index in [4.69, 9.17) is 34.4 Å². The van der Waals surface area contributed by atoms with E-state index in [-0.39, 0.29) is 43.6 Å². The highest BCUT2D eigenvalue weighted by atomic mass is 16.4. The van der Waals surface area contributed by atoms with E-state index in [1.54, 1.807) is 13.8 Å². The zero-order chi connectivity index (χ0) is 30.0. The van der Waals surface area contributed by atoms with Crippen LogP contribution in [0, 0.1) is 5.92 Å². The predicted molar refractivity (Wildman–Crippen MR) is 149 cm³/mol. The molecule has 16 heteroatoms. The van der Waals surface area contributed by atoms with Crippen LogP contribution in [0.2, 0.25) is 0 Å². The summed E-state index contributed by atoms with van der Waals surface area (Å²) < 4.78 is 0. The largest absolute Gasteiger partial charge is 0.480 e. The minimum absolute atomic E-state index is 0.0707. The van der Waals surface area contributed by atoms with Gasteiger partial charge in [-0.1, -0.05) is 13.8 Å². The van der Waals surface area contributed by atoms with E-state index in [0.29, 0.717) is 38.8 Å². The van der Waals surface area contributed by atoms with E-state index >= 15 is 0 Å². The molecule has 0 rings (SSSR count). The average molecular weight is 558 g/mol. The maximum absolute atomic E-state index is 13.2. The molecule has 0 saturated carbocycles. The molecule has 0 aromatic heterocycles.